The molecule has 0 aliphatic carbocycles. The van der Waals surface area contributed by atoms with Crippen molar-refractivity contribution < 1.29 is 23.1 Å². The van der Waals surface area contributed by atoms with Crippen molar-refractivity contribution in [3.8, 4) is 0 Å². The number of aromatic nitrogens is 2. The molecule has 6 nitrogen and oxygen atoms in total. The van der Waals surface area contributed by atoms with Crippen LogP contribution in [0.25, 0.3) is 11.0 Å². The van der Waals surface area contributed by atoms with E-state index in [1.54, 1.807) is 0 Å². The Bertz CT molecular complexity index is 820. The predicted molar refractivity (Wildman–Crippen MR) is 66.5 cm³/mol. The monoisotopic (exact) mass is 302 g/mol. The van der Waals surface area contributed by atoms with Gasteiger partial charge in [-0.2, -0.15) is 13.2 Å². The van der Waals surface area contributed by atoms with Gasteiger partial charge in [-0.05, 0) is 18.2 Å². The zero-order valence-corrected chi connectivity index (χ0v) is 10.4. The number of aromatic amines is 1. The molecule has 0 fully saturated rings. The Kier molecular flexibility index (Phi) is 3.58. The van der Waals surface area contributed by atoms with E-state index in [9.17, 15) is 27.6 Å². The molecule has 0 saturated heterocycles. The van der Waals surface area contributed by atoms with Crippen molar-refractivity contribution in [1.82, 2.24) is 9.55 Å². The highest BCUT2D eigenvalue weighted by Crippen LogP contribution is 2.21. The smallest absolute Gasteiger partial charge is 0.390 e. The maximum Gasteiger partial charge on any atom is 0.390 e. The number of H-pyrrole nitrogens is 1. The van der Waals surface area contributed by atoms with E-state index in [0.717, 1.165) is 6.07 Å². The third kappa shape index (κ3) is 3.12. The van der Waals surface area contributed by atoms with Gasteiger partial charge in [-0.25, -0.2) is 4.79 Å². The van der Waals surface area contributed by atoms with Gasteiger partial charge in [0.25, 0.3) is 0 Å². The third-order valence-electron chi connectivity index (χ3n) is 2.84. The Hall–Kier alpha value is -2.58. The van der Waals surface area contributed by atoms with Gasteiger partial charge >= 0.3 is 23.3 Å². The van der Waals surface area contributed by atoms with E-state index in [-0.39, 0.29) is 16.6 Å². The van der Waals surface area contributed by atoms with E-state index >= 15 is 0 Å². The summed E-state index contributed by atoms with van der Waals surface area (Å²) in [5.41, 5.74) is -2.40. The van der Waals surface area contributed by atoms with E-state index in [0.29, 0.717) is 4.57 Å². The summed E-state index contributed by atoms with van der Waals surface area (Å²) < 4.78 is 37.5. The number of hydrogen-bond acceptors (Lipinski definition) is 3. The molecule has 0 unspecified atom stereocenters. The van der Waals surface area contributed by atoms with Crippen LogP contribution >= 0.6 is 0 Å². The molecule has 0 atom stereocenters. The zero-order chi connectivity index (χ0) is 15.8. The summed E-state index contributed by atoms with van der Waals surface area (Å²) >= 11 is 0. The molecule has 1 aromatic heterocycles. The highest BCUT2D eigenvalue weighted by atomic mass is 19.4. The molecule has 0 aliphatic rings. The molecular formula is C12H9F3N2O4. The molecule has 2 rings (SSSR count). The van der Waals surface area contributed by atoms with Crippen molar-refractivity contribution in [1.29, 1.82) is 0 Å². The van der Waals surface area contributed by atoms with Crippen LogP contribution in [0.15, 0.2) is 27.8 Å². The molecule has 0 bridgehead atoms. The standard InChI is InChI=1S/C12H9F3N2O4/c13-12(14,15)3-4-17-8-5-6(11(20)21)1-2-7(8)16-9(18)10(17)19/h1-2,5H,3-4H2,(H,16,18)(H,20,21). The number of carboxylic acid groups (broad SMARTS) is 1. The summed E-state index contributed by atoms with van der Waals surface area (Å²) in [6.07, 6.45) is -5.80. The van der Waals surface area contributed by atoms with Crippen LogP contribution < -0.4 is 11.1 Å². The summed E-state index contributed by atoms with van der Waals surface area (Å²) in [7, 11) is 0. The largest absolute Gasteiger partial charge is 0.478 e. The molecule has 0 saturated carbocycles. The van der Waals surface area contributed by atoms with Gasteiger partial charge in [0.05, 0.1) is 23.0 Å². The van der Waals surface area contributed by atoms with Crippen molar-refractivity contribution in [2.75, 3.05) is 0 Å². The van der Waals surface area contributed by atoms with Crippen LogP contribution in [0.1, 0.15) is 16.8 Å². The molecule has 0 radical (unpaired) electrons. The number of carboxylic acids is 1. The number of hydrogen-bond donors (Lipinski definition) is 2. The van der Waals surface area contributed by atoms with Gasteiger partial charge in [-0.15, -0.1) is 0 Å². The number of halogens is 3. The third-order valence-corrected chi connectivity index (χ3v) is 2.84. The highest BCUT2D eigenvalue weighted by molar-refractivity contribution is 5.92. The predicted octanol–water partition coefficient (Wildman–Crippen LogP) is 1.34. The number of benzene rings is 1. The molecule has 1 heterocycles. The second-order valence-corrected chi connectivity index (χ2v) is 4.31. The van der Waals surface area contributed by atoms with Gasteiger partial charge in [0.2, 0.25) is 0 Å². The van der Waals surface area contributed by atoms with Crippen LogP contribution in [-0.2, 0) is 6.54 Å². The van der Waals surface area contributed by atoms with Crippen LogP contribution in [0.4, 0.5) is 13.2 Å². The summed E-state index contributed by atoms with van der Waals surface area (Å²) in [5, 5.41) is 8.88. The number of nitrogens with zero attached hydrogens (tertiary/aromatic N) is 1. The van der Waals surface area contributed by atoms with E-state index in [1.165, 1.54) is 12.1 Å². The Morgan fingerprint density at radius 2 is 1.95 bits per heavy atom. The van der Waals surface area contributed by atoms with Gasteiger partial charge in [-0.3, -0.25) is 9.59 Å². The first kappa shape index (κ1) is 14.8. The Morgan fingerprint density at radius 1 is 1.29 bits per heavy atom. The maximum absolute atomic E-state index is 12.3. The zero-order valence-electron chi connectivity index (χ0n) is 10.4. The van der Waals surface area contributed by atoms with Crippen LogP contribution in [0, 0.1) is 0 Å². The summed E-state index contributed by atoms with van der Waals surface area (Å²) in [6.45, 7) is -0.758. The second-order valence-electron chi connectivity index (χ2n) is 4.31. The number of aromatic carboxylic acids is 1. The number of nitrogens with one attached hydrogen (secondary N) is 1. The summed E-state index contributed by atoms with van der Waals surface area (Å²) in [6, 6.07) is 3.45. The first-order chi connectivity index (χ1) is 9.69. The highest BCUT2D eigenvalue weighted by Gasteiger charge is 2.27. The molecule has 1 aromatic carbocycles. The van der Waals surface area contributed by atoms with Crippen molar-refractivity contribution in [3.05, 3.63) is 44.5 Å². The molecule has 0 amide bonds. The van der Waals surface area contributed by atoms with Crippen molar-refractivity contribution in [2.24, 2.45) is 0 Å². The fourth-order valence-corrected chi connectivity index (χ4v) is 1.86. The first-order valence-electron chi connectivity index (χ1n) is 5.76. The average Bonchev–Trinajstić information content (AvgIpc) is 2.37. The first-order valence-corrected chi connectivity index (χ1v) is 5.76. The Labute approximate surface area is 114 Å². The topological polar surface area (TPSA) is 92.2 Å². The number of aryl methyl sites for hydroxylation is 1. The Balaban J connectivity index is 2.67. The molecule has 21 heavy (non-hydrogen) atoms. The van der Waals surface area contributed by atoms with Gasteiger partial charge < -0.3 is 14.7 Å². The number of fused-ring (bicyclic) bond motifs is 1. The van der Waals surface area contributed by atoms with Gasteiger partial charge in [0, 0.05) is 6.54 Å². The van der Waals surface area contributed by atoms with Gasteiger partial charge in [-0.1, -0.05) is 0 Å². The Morgan fingerprint density at radius 3 is 2.52 bits per heavy atom. The average molecular weight is 302 g/mol. The lowest BCUT2D eigenvalue weighted by Crippen LogP contribution is -2.37. The number of rotatable bonds is 3. The minimum absolute atomic E-state index is 0.0660. The fraction of sp³-hybridized carbons (Fsp3) is 0.250. The summed E-state index contributed by atoms with van der Waals surface area (Å²) in [4.78, 5) is 36.2. The van der Waals surface area contributed by atoms with Crippen molar-refractivity contribution >= 4 is 17.0 Å². The molecule has 9 heteroatoms. The molecule has 112 valence electrons. The lowest BCUT2D eigenvalue weighted by Gasteiger charge is -2.11. The second kappa shape index (κ2) is 5.08. The van der Waals surface area contributed by atoms with E-state index in [2.05, 4.69) is 4.98 Å². The van der Waals surface area contributed by atoms with Crippen LogP contribution in [0.2, 0.25) is 0 Å². The van der Waals surface area contributed by atoms with Gasteiger partial charge in [0.15, 0.2) is 0 Å². The van der Waals surface area contributed by atoms with Crippen LogP contribution in [0.5, 0.6) is 0 Å². The number of carbonyl (C=O) groups is 1. The quantitative estimate of drug-likeness (QED) is 0.837. The SMILES string of the molecule is O=C(O)c1ccc2[nH]c(=O)c(=O)n(CCC(F)(F)F)c2c1. The molecule has 0 aliphatic heterocycles. The van der Waals surface area contributed by atoms with Gasteiger partial charge in [0.1, 0.15) is 0 Å². The molecule has 2 aromatic rings. The minimum atomic E-state index is -4.50. The van der Waals surface area contributed by atoms with Crippen molar-refractivity contribution in [3.63, 3.8) is 0 Å². The lowest BCUT2D eigenvalue weighted by molar-refractivity contribution is -0.136. The fourth-order valence-electron chi connectivity index (χ4n) is 1.86. The maximum atomic E-state index is 12.3. The molecule has 2 N–H and O–H groups in total. The number of alkyl halides is 3. The molecular weight excluding hydrogens is 293 g/mol. The van der Waals surface area contributed by atoms with Crippen molar-refractivity contribution in [2.45, 2.75) is 19.1 Å². The molecule has 0 spiro atoms. The van der Waals surface area contributed by atoms with E-state index < -0.39 is 36.2 Å². The van der Waals surface area contributed by atoms with E-state index in [4.69, 9.17) is 5.11 Å². The normalized spacial score (nSPS) is 11.8. The lowest BCUT2D eigenvalue weighted by atomic mass is 10.2. The van der Waals surface area contributed by atoms with Crippen LogP contribution in [-0.4, -0.2) is 26.8 Å². The van der Waals surface area contributed by atoms with Crippen LogP contribution in [0.3, 0.4) is 0 Å². The minimum Gasteiger partial charge on any atom is -0.478 e. The van der Waals surface area contributed by atoms with E-state index in [1.807, 2.05) is 0 Å². The summed E-state index contributed by atoms with van der Waals surface area (Å²) in [5.74, 6) is -1.29.